The zero-order valence-electron chi connectivity index (χ0n) is 21.8. The fourth-order valence-electron chi connectivity index (χ4n) is 3.47. The van der Waals surface area contributed by atoms with Crippen LogP contribution in [0.2, 0.25) is 0 Å². The Labute approximate surface area is 220 Å². The van der Waals surface area contributed by atoms with E-state index in [0.717, 1.165) is 11.1 Å². The summed E-state index contributed by atoms with van der Waals surface area (Å²) in [6, 6.07) is 14.4. The van der Waals surface area contributed by atoms with E-state index in [1.54, 1.807) is 65.3 Å². The monoisotopic (exact) mass is 515 g/mol. The average Bonchev–Trinajstić information content (AvgIpc) is 3.37. The summed E-state index contributed by atoms with van der Waals surface area (Å²) in [5, 5.41) is 11.0. The predicted octanol–water partition coefficient (Wildman–Crippen LogP) is 4.17. The van der Waals surface area contributed by atoms with Gasteiger partial charge in [-0.3, -0.25) is 4.79 Å². The minimum atomic E-state index is -0.581. The van der Waals surface area contributed by atoms with E-state index in [1.165, 1.54) is 4.90 Å². The van der Waals surface area contributed by atoms with Crippen molar-refractivity contribution in [2.75, 3.05) is 19.8 Å². The Morgan fingerprint density at radius 2 is 1.74 bits per heavy atom. The van der Waals surface area contributed by atoms with E-state index in [1.807, 2.05) is 24.3 Å². The summed E-state index contributed by atoms with van der Waals surface area (Å²) < 4.78 is 11.2. The van der Waals surface area contributed by atoms with Gasteiger partial charge in [0.1, 0.15) is 5.60 Å². The number of rotatable bonds is 6. The molecule has 0 radical (unpaired) electrons. The second-order valence-electron chi connectivity index (χ2n) is 9.73. The topological polar surface area (TPSA) is 149 Å². The molecule has 3 N–H and O–H groups in total. The van der Waals surface area contributed by atoms with Crippen molar-refractivity contribution in [2.45, 2.75) is 32.9 Å². The highest BCUT2D eigenvalue weighted by Gasteiger charge is 2.18. The average molecular weight is 516 g/mol. The largest absolute Gasteiger partial charge is 0.444 e. The Hall–Kier alpha value is -4.80. The lowest BCUT2D eigenvalue weighted by Gasteiger charge is -2.19. The number of nitrogens with two attached hydrogens (primary N) is 1. The molecule has 0 bridgehead atoms. The molecule has 0 aliphatic rings. The van der Waals surface area contributed by atoms with Gasteiger partial charge in [0.15, 0.2) is 11.5 Å². The highest BCUT2D eigenvalue weighted by Crippen LogP contribution is 2.28. The summed E-state index contributed by atoms with van der Waals surface area (Å²) in [7, 11) is 3.40. The van der Waals surface area contributed by atoms with E-state index in [4.69, 9.17) is 14.9 Å². The van der Waals surface area contributed by atoms with Gasteiger partial charge in [-0.15, -0.1) is 10.2 Å². The second kappa shape index (κ2) is 10.7. The van der Waals surface area contributed by atoms with Gasteiger partial charge in [-0.2, -0.15) is 0 Å². The lowest BCUT2D eigenvalue weighted by Crippen LogP contribution is -2.32. The molecule has 38 heavy (non-hydrogen) atoms. The second-order valence-corrected chi connectivity index (χ2v) is 9.73. The molecule has 11 nitrogen and oxygen atoms in total. The summed E-state index contributed by atoms with van der Waals surface area (Å²) in [6.07, 6.45) is 1.04. The number of nitrogen functional groups attached to an aromatic ring is 1. The Morgan fingerprint density at radius 3 is 2.42 bits per heavy atom. The number of hydrogen-bond donors (Lipinski definition) is 2. The van der Waals surface area contributed by atoms with Gasteiger partial charge in [-0.1, -0.05) is 24.3 Å². The van der Waals surface area contributed by atoms with Crippen molar-refractivity contribution in [3.05, 3.63) is 65.9 Å². The molecular weight excluding hydrogens is 486 g/mol. The van der Waals surface area contributed by atoms with Gasteiger partial charge in [0.25, 0.3) is 11.8 Å². The maximum atomic E-state index is 12.2. The highest BCUT2D eigenvalue weighted by atomic mass is 16.6. The summed E-state index contributed by atoms with van der Waals surface area (Å²) in [4.78, 5) is 34.5. The fraction of sp³-hybridized carbons (Fsp3) is 0.259. The quantitative estimate of drug-likeness (QED) is 0.386. The SMILES string of the molecule is CN(C)C(=O)c1ccc(-c2cnc(N)c(-c3nnc(-c4cccc(CNC(=O)OC(C)(C)C)c4)o3)n2)cc1. The Bertz CT molecular complexity index is 1460. The fourth-order valence-corrected chi connectivity index (χ4v) is 3.47. The van der Waals surface area contributed by atoms with Crippen LogP contribution in [-0.4, -0.2) is 56.8 Å². The number of nitrogens with zero attached hydrogens (tertiary/aromatic N) is 5. The summed E-state index contributed by atoms with van der Waals surface area (Å²) in [5.41, 5.74) is 9.08. The lowest BCUT2D eigenvalue weighted by molar-refractivity contribution is 0.0523. The molecule has 4 rings (SSSR count). The van der Waals surface area contributed by atoms with Gasteiger partial charge in [0.05, 0.1) is 11.9 Å². The van der Waals surface area contributed by atoms with Crippen LogP contribution in [0.15, 0.2) is 59.1 Å². The Kier molecular flexibility index (Phi) is 7.38. The molecule has 0 aliphatic heterocycles. The van der Waals surface area contributed by atoms with Crippen molar-refractivity contribution < 1.29 is 18.7 Å². The molecule has 2 aromatic carbocycles. The standard InChI is InChI=1S/C27H29N7O4/c1-27(2,3)38-26(36)30-14-16-7-6-8-19(13-16)23-32-33-24(37-23)21-22(28)29-15-20(31-21)17-9-11-18(12-10-17)25(35)34(4)5/h6-13,15H,14H2,1-5H3,(H2,28,29)(H,30,36). The van der Waals surface area contributed by atoms with E-state index < -0.39 is 11.7 Å². The number of nitrogens with one attached hydrogen (secondary N) is 1. The van der Waals surface area contributed by atoms with Crippen molar-refractivity contribution in [1.82, 2.24) is 30.4 Å². The van der Waals surface area contributed by atoms with Crippen molar-refractivity contribution in [1.29, 1.82) is 0 Å². The van der Waals surface area contributed by atoms with Crippen LogP contribution in [0, 0.1) is 0 Å². The third-order valence-electron chi connectivity index (χ3n) is 5.27. The van der Waals surface area contributed by atoms with Crippen LogP contribution in [-0.2, 0) is 11.3 Å². The van der Waals surface area contributed by atoms with Gasteiger partial charge >= 0.3 is 6.09 Å². The van der Waals surface area contributed by atoms with E-state index in [9.17, 15) is 9.59 Å². The van der Waals surface area contributed by atoms with Crippen LogP contribution in [0.1, 0.15) is 36.7 Å². The molecule has 4 aromatic rings. The molecule has 11 heteroatoms. The van der Waals surface area contributed by atoms with E-state index in [2.05, 4.69) is 25.5 Å². The zero-order valence-corrected chi connectivity index (χ0v) is 21.8. The Morgan fingerprint density at radius 1 is 1.03 bits per heavy atom. The molecule has 0 aliphatic carbocycles. The number of carbonyl (C=O) groups is 2. The van der Waals surface area contributed by atoms with Crippen LogP contribution >= 0.6 is 0 Å². The van der Waals surface area contributed by atoms with Gasteiger partial charge in [0, 0.05) is 37.3 Å². The Balaban J connectivity index is 1.53. The van der Waals surface area contributed by atoms with Crippen LogP contribution in [0.4, 0.5) is 10.6 Å². The zero-order chi connectivity index (χ0) is 27.4. The first-order valence-corrected chi connectivity index (χ1v) is 11.8. The third kappa shape index (κ3) is 6.30. The smallest absolute Gasteiger partial charge is 0.407 e. The van der Waals surface area contributed by atoms with E-state index >= 15 is 0 Å². The first-order valence-electron chi connectivity index (χ1n) is 11.8. The molecule has 0 saturated heterocycles. The summed E-state index contributed by atoms with van der Waals surface area (Å²) >= 11 is 0. The van der Waals surface area contributed by atoms with Crippen LogP contribution < -0.4 is 11.1 Å². The number of aromatic nitrogens is 4. The number of alkyl carbamates (subject to hydrolysis) is 1. The molecule has 0 atom stereocenters. The summed E-state index contributed by atoms with van der Waals surface area (Å²) in [6.45, 7) is 5.68. The molecule has 2 aromatic heterocycles. The number of anilines is 1. The van der Waals surface area contributed by atoms with Crippen LogP contribution in [0.3, 0.4) is 0 Å². The molecule has 196 valence electrons. The molecule has 2 amide bonds. The van der Waals surface area contributed by atoms with Crippen molar-refractivity contribution in [3.8, 4) is 34.3 Å². The number of carbonyl (C=O) groups excluding carboxylic acids is 2. The molecular formula is C27H29N7O4. The van der Waals surface area contributed by atoms with Gasteiger partial charge < -0.3 is 25.1 Å². The number of ether oxygens (including phenoxy) is 1. The van der Waals surface area contributed by atoms with Gasteiger partial charge in [-0.25, -0.2) is 14.8 Å². The predicted molar refractivity (Wildman–Crippen MR) is 142 cm³/mol. The summed E-state index contributed by atoms with van der Waals surface area (Å²) in [5.74, 6) is 0.420. The maximum absolute atomic E-state index is 12.2. The van der Waals surface area contributed by atoms with Gasteiger partial charge in [-0.05, 0) is 50.6 Å². The van der Waals surface area contributed by atoms with Crippen LogP contribution in [0.25, 0.3) is 34.3 Å². The van der Waals surface area contributed by atoms with Crippen molar-refractivity contribution in [3.63, 3.8) is 0 Å². The first kappa shape index (κ1) is 26.3. The maximum Gasteiger partial charge on any atom is 0.407 e. The number of hydrogen-bond acceptors (Lipinski definition) is 9. The normalized spacial score (nSPS) is 11.2. The third-order valence-corrected chi connectivity index (χ3v) is 5.27. The minimum Gasteiger partial charge on any atom is -0.444 e. The van der Waals surface area contributed by atoms with Crippen LogP contribution in [0.5, 0.6) is 0 Å². The van der Waals surface area contributed by atoms with Crippen molar-refractivity contribution in [2.24, 2.45) is 0 Å². The van der Waals surface area contributed by atoms with Gasteiger partial charge in [0.2, 0.25) is 5.89 Å². The molecule has 0 saturated carbocycles. The lowest BCUT2D eigenvalue weighted by atomic mass is 10.1. The molecule has 0 spiro atoms. The first-order chi connectivity index (χ1) is 18.0. The number of benzene rings is 2. The molecule has 0 unspecified atom stereocenters. The molecule has 2 heterocycles. The van der Waals surface area contributed by atoms with E-state index in [0.29, 0.717) is 16.8 Å². The number of amides is 2. The van der Waals surface area contributed by atoms with E-state index in [-0.39, 0.29) is 35.7 Å². The minimum absolute atomic E-state index is 0.0938. The highest BCUT2D eigenvalue weighted by molar-refractivity contribution is 5.94. The van der Waals surface area contributed by atoms with Crippen molar-refractivity contribution >= 4 is 17.8 Å². The molecule has 0 fully saturated rings.